The summed E-state index contributed by atoms with van der Waals surface area (Å²) in [6, 6.07) is 7.23. The number of carbonyl (C=O) groups is 1. The Bertz CT molecular complexity index is 1270. The van der Waals surface area contributed by atoms with Gasteiger partial charge in [-0.15, -0.1) is 0 Å². The zero-order valence-electron chi connectivity index (χ0n) is 18.7. The van der Waals surface area contributed by atoms with Gasteiger partial charge in [-0.3, -0.25) is 14.6 Å². The molecule has 0 bridgehead atoms. The molecule has 3 heterocycles. The average Bonchev–Trinajstić information content (AvgIpc) is 3.48. The molecule has 0 unspecified atom stereocenters. The fourth-order valence-electron chi connectivity index (χ4n) is 4.93. The maximum absolute atomic E-state index is 13.7. The molecule has 1 aromatic carbocycles. The van der Waals surface area contributed by atoms with Gasteiger partial charge >= 0.3 is 0 Å². The second-order valence-corrected chi connectivity index (χ2v) is 8.75. The Morgan fingerprint density at radius 3 is 2.72 bits per heavy atom. The first-order valence-corrected chi connectivity index (χ1v) is 11.1. The molecule has 0 atom stereocenters. The van der Waals surface area contributed by atoms with Crippen LogP contribution in [0.4, 0.5) is 5.69 Å². The quantitative estimate of drug-likeness (QED) is 0.666. The van der Waals surface area contributed by atoms with Crippen LogP contribution >= 0.6 is 0 Å². The normalized spacial score (nSPS) is 15.8. The smallest absolute Gasteiger partial charge is 0.259 e. The third-order valence-corrected chi connectivity index (χ3v) is 6.71. The SMILES string of the molecule is COc1cc(N(C)C(=O)c2cc3c(nc2C2CCCC2)COC3)cc2c(C)cc(=O)[nH]c12. The molecule has 1 saturated carbocycles. The maximum Gasteiger partial charge on any atom is 0.259 e. The van der Waals surface area contributed by atoms with Crippen LogP contribution in [0.1, 0.15) is 64.5 Å². The molecule has 32 heavy (non-hydrogen) atoms. The molecule has 0 radical (unpaired) electrons. The Morgan fingerprint density at radius 1 is 1.19 bits per heavy atom. The Balaban J connectivity index is 1.60. The van der Waals surface area contributed by atoms with Crippen molar-refractivity contribution in [3.63, 3.8) is 0 Å². The van der Waals surface area contributed by atoms with Crippen molar-refractivity contribution < 1.29 is 14.3 Å². The predicted molar refractivity (Wildman–Crippen MR) is 123 cm³/mol. The monoisotopic (exact) mass is 433 g/mol. The van der Waals surface area contributed by atoms with E-state index >= 15 is 0 Å². The van der Waals surface area contributed by atoms with Gasteiger partial charge < -0.3 is 19.4 Å². The van der Waals surface area contributed by atoms with E-state index in [0.29, 0.717) is 41.6 Å². The largest absolute Gasteiger partial charge is 0.494 e. The number of anilines is 1. The Kier molecular flexibility index (Phi) is 5.21. The van der Waals surface area contributed by atoms with E-state index in [9.17, 15) is 9.59 Å². The number of hydrogen-bond donors (Lipinski definition) is 1. The van der Waals surface area contributed by atoms with Crippen LogP contribution in [0.3, 0.4) is 0 Å². The summed E-state index contributed by atoms with van der Waals surface area (Å²) in [7, 11) is 3.33. The maximum atomic E-state index is 13.7. The predicted octanol–water partition coefficient (Wildman–Crippen LogP) is 4.20. The molecule has 1 aliphatic heterocycles. The summed E-state index contributed by atoms with van der Waals surface area (Å²) >= 11 is 0. The van der Waals surface area contributed by atoms with Gasteiger partial charge in [-0.2, -0.15) is 0 Å². The third kappa shape index (κ3) is 3.46. The van der Waals surface area contributed by atoms with Crippen LogP contribution in [0, 0.1) is 6.92 Å². The van der Waals surface area contributed by atoms with E-state index in [1.807, 2.05) is 19.1 Å². The number of rotatable bonds is 4. The minimum Gasteiger partial charge on any atom is -0.494 e. The number of carbonyl (C=O) groups excluding carboxylic acids is 1. The second-order valence-electron chi connectivity index (χ2n) is 8.75. The van der Waals surface area contributed by atoms with Crippen LogP contribution in [-0.4, -0.2) is 30.0 Å². The zero-order valence-corrected chi connectivity index (χ0v) is 18.7. The first-order valence-electron chi connectivity index (χ1n) is 11.1. The molecule has 166 valence electrons. The van der Waals surface area contributed by atoms with Crippen LogP contribution in [0.2, 0.25) is 0 Å². The van der Waals surface area contributed by atoms with Crippen molar-refractivity contribution in [2.45, 2.75) is 51.7 Å². The van der Waals surface area contributed by atoms with Crippen molar-refractivity contribution >= 4 is 22.5 Å². The van der Waals surface area contributed by atoms with Crippen molar-refractivity contribution in [3.8, 4) is 5.75 Å². The molecular weight excluding hydrogens is 406 g/mol. The number of nitrogens with one attached hydrogen (secondary N) is 1. The van der Waals surface area contributed by atoms with Crippen molar-refractivity contribution in [2.75, 3.05) is 19.1 Å². The van der Waals surface area contributed by atoms with Crippen molar-refractivity contribution in [1.82, 2.24) is 9.97 Å². The van der Waals surface area contributed by atoms with E-state index in [1.165, 1.54) is 12.8 Å². The number of fused-ring (bicyclic) bond motifs is 2. The molecule has 1 N–H and O–H groups in total. The van der Waals surface area contributed by atoms with Crippen LogP contribution in [0.15, 0.2) is 29.1 Å². The number of amides is 1. The Morgan fingerprint density at radius 2 is 1.97 bits per heavy atom. The zero-order chi connectivity index (χ0) is 22.4. The molecule has 0 spiro atoms. The molecule has 7 nitrogen and oxygen atoms in total. The van der Waals surface area contributed by atoms with Gasteiger partial charge in [0, 0.05) is 41.7 Å². The summed E-state index contributed by atoms with van der Waals surface area (Å²) in [5.41, 5.74) is 5.48. The second kappa shape index (κ2) is 8.06. The minimum absolute atomic E-state index is 0.0995. The third-order valence-electron chi connectivity index (χ3n) is 6.71. The number of aromatic nitrogens is 2. The van der Waals surface area contributed by atoms with E-state index in [2.05, 4.69) is 4.98 Å². The number of hydrogen-bond acceptors (Lipinski definition) is 5. The lowest BCUT2D eigenvalue weighted by Gasteiger charge is -2.22. The van der Waals surface area contributed by atoms with Gasteiger partial charge in [-0.25, -0.2) is 0 Å². The molecule has 1 fully saturated rings. The lowest BCUT2D eigenvalue weighted by Crippen LogP contribution is -2.28. The van der Waals surface area contributed by atoms with Crippen molar-refractivity contribution in [2.24, 2.45) is 0 Å². The van der Waals surface area contributed by atoms with Gasteiger partial charge in [-0.1, -0.05) is 12.8 Å². The highest BCUT2D eigenvalue weighted by molar-refractivity contribution is 6.08. The highest BCUT2D eigenvalue weighted by Crippen LogP contribution is 2.38. The lowest BCUT2D eigenvalue weighted by atomic mass is 9.95. The first kappa shape index (κ1) is 20.7. The molecule has 2 aliphatic rings. The number of ether oxygens (including phenoxy) is 2. The fourth-order valence-corrected chi connectivity index (χ4v) is 4.93. The number of aromatic amines is 1. The summed E-state index contributed by atoms with van der Waals surface area (Å²) in [5.74, 6) is 0.735. The number of pyridine rings is 2. The number of nitrogens with zero attached hydrogens (tertiary/aromatic N) is 2. The molecule has 7 heteroatoms. The topological polar surface area (TPSA) is 84.5 Å². The summed E-state index contributed by atoms with van der Waals surface area (Å²) in [6.07, 6.45) is 4.46. The first-order chi connectivity index (χ1) is 15.5. The number of H-pyrrole nitrogens is 1. The van der Waals surface area contributed by atoms with Crippen molar-refractivity contribution in [1.29, 1.82) is 0 Å². The molecular formula is C25H27N3O4. The molecule has 0 saturated heterocycles. The number of methoxy groups -OCH3 is 1. The Labute approximate surface area is 186 Å². The molecule has 1 amide bonds. The van der Waals surface area contributed by atoms with Gasteiger partial charge in [0.25, 0.3) is 5.91 Å². The summed E-state index contributed by atoms with van der Waals surface area (Å²) in [6.45, 7) is 2.89. The van der Waals surface area contributed by atoms with E-state index in [-0.39, 0.29) is 11.5 Å². The van der Waals surface area contributed by atoms with Crippen LogP contribution in [-0.2, 0) is 18.0 Å². The van der Waals surface area contributed by atoms with E-state index in [1.54, 1.807) is 31.2 Å². The molecule has 2 aromatic heterocycles. The standard InChI is InChI=1S/C25H27N3O4/c1-14-8-22(29)27-24-18(14)10-17(11-21(24)31-3)28(2)25(30)19-9-16-12-32-13-20(16)26-23(19)15-6-4-5-7-15/h8-11,15H,4-7,12-13H2,1-3H3,(H,27,29). The lowest BCUT2D eigenvalue weighted by molar-refractivity contribution is 0.0991. The van der Waals surface area contributed by atoms with E-state index in [0.717, 1.165) is 40.7 Å². The summed E-state index contributed by atoms with van der Waals surface area (Å²) in [5, 5.41) is 0.843. The molecule has 3 aromatic rings. The fraction of sp³-hybridized carbons (Fsp3) is 0.400. The van der Waals surface area contributed by atoms with E-state index < -0.39 is 0 Å². The van der Waals surface area contributed by atoms with Crippen LogP contribution in [0.25, 0.3) is 10.9 Å². The Hall–Kier alpha value is -3.19. The van der Waals surface area contributed by atoms with Gasteiger partial charge in [-0.05, 0) is 37.5 Å². The molecule has 5 rings (SSSR count). The van der Waals surface area contributed by atoms with Gasteiger partial charge in [0.05, 0.1) is 42.8 Å². The van der Waals surface area contributed by atoms with Crippen LogP contribution in [0.5, 0.6) is 5.75 Å². The van der Waals surface area contributed by atoms with Gasteiger partial charge in [0.15, 0.2) is 0 Å². The highest BCUT2D eigenvalue weighted by atomic mass is 16.5. The van der Waals surface area contributed by atoms with Gasteiger partial charge in [0.1, 0.15) is 5.75 Å². The number of benzene rings is 1. The highest BCUT2D eigenvalue weighted by Gasteiger charge is 2.29. The van der Waals surface area contributed by atoms with Gasteiger partial charge in [0.2, 0.25) is 5.56 Å². The summed E-state index contributed by atoms with van der Waals surface area (Å²) in [4.78, 5) is 35.1. The minimum atomic E-state index is -0.182. The van der Waals surface area contributed by atoms with E-state index in [4.69, 9.17) is 14.5 Å². The summed E-state index contributed by atoms with van der Waals surface area (Å²) < 4.78 is 11.1. The van der Waals surface area contributed by atoms with Crippen LogP contribution < -0.4 is 15.2 Å². The molecule has 1 aliphatic carbocycles. The van der Waals surface area contributed by atoms with Crippen molar-refractivity contribution in [3.05, 3.63) is 62.7 Å². The number of aryl methyl sites for hydroxylation is 1. The average molecular weight is 434 g/mol.